The van der Waals surface area contributed by atoms with Crippen LogP contribution in [0.1, 0.15) is 12.8 Å². The van der Waals surface area contributed by atoms with Crippen molar-refractivity contribution in [3.63, 3.8) is 0 Å². The molecule has 0 aromatic heterocycles. The smallest absolute Gasteiger partial charge is 0.181 e. The zero-order chi connectivity index (χ0) is 12.8. The zero-order valence-electron chi connectivity index (χ0n) is 10.2. The van der Waals surface area contributed by atoms with Gasteiger partial charge in [0.2, 0.25) is 0 Å². The molecule has 1 saturated heterocycles. The van der Waals surface area contributed by atoms with Crippen LogP contribution in [0.4, 0.5) is 0 Å². The van der Waals surface area contributed by atoms with Crippen molar-refractivity contribution in [3.05, 3.63) is 23.3 Å². The van der Waals surface area contributed by atoms with Crippen molar-refractivity contribution in [1.82, 2.24) is 0 Å². The summed E-state index contributed by atoms with van der Waals surface area (Å²) in [5.41, 5.74) is 1.76. The van der Waals surface area contributed by atoms with E-state index < -0.39 is 0 Å². The molecule has 1 fully saturated rings. The number of carbonyl (C=O) groups excluding carboxylic acids is 1. The van der Waals surface area contributed by atoms with Crippen molar-refractivity contribution in [1.29, 1.82) is 0 Å². The molecule has 0 aromatic carbocycles. The highest BCUT2D eigenvalue weighted by Gasteiger charge is 2.18. The fraction of sp³-hybridized carbons (Fsp3) is 0.615. The lowest BCUT2D eigenvalue weighted by Gasteiger charge is -2.16. The molecule has 2 rings (SSSR count). The van der Waals surface area contributed by atoms with Crippen molar-refractivity contribution >= 4 is 21.7 Å². The van der Waals surface area contributed by atoms with Gasteiger partial charge in [-0.05, 0) is 18.4 Å². The topological polar surface area (TPSA) is 44.8 Å². The number of Topliss-reactive ketones (excluding diaryl/α,β-unsaturated/α-hetero) is 1. The van der Waals surface area contributed by atoms with Gasteiger partial charge in [0, 0.05) is 5.57 Å². The van der Waals surface area contributed by atoms with Gasteiger partial charge in [-0.1, -0.05) is 28.1 Å². The molecule has 0 atom stereocenters. The normalized spacial score (nSPS) is 20.7. The molecule has 1 aliphatic heterocycles. The lowest BCUT2D eigenvalue weighted by molar-refractivity contribution is -0.113. The molecule has 0 unspecified atom stereocenters. The number of allylic oxidation sites excluding steroid dienone is 2. The van der Waals surface area contributed by atoms with Crippen LogP contribution in [0.2, 0.25) is 0 Å². The lowest BCUT2D eigenvalue weighted by atomic mass is 9.96. The molecule has 0 bridgehead atoms. The Bertz CT molecular complexity index is 356. The first kappa shape index (κ1) is 13.9. The Hall–Kier alpha value is -0.490. The lowest BCUT2D eigenvalue weighted by Crippen LogP contribution is -2.19. The minimum absolute atomic E-state index is 0.109. The molecule has 0 amide bonds. The maximum atomic E-state index is 11.7. The third-order valence-electron chi connectivity index (χ3n) is 2.88. The van der Waals surface area contributed by atoms with Crippen LogP contribution in [0.3, 0.4) is 0 Å². The Morgan fingerprint density at radius 2 is 2.06 bits per heavy atom. The second kappa shape index (κ2) is 7.19. The Balaban J connectivity index is 1.81. The Morgan fingerprint density at radius 3 is 2.78 bits per heavy atom. The molecule has 4 nitrogen and oxygen atoms in total. The fourth-order valence-corrected chi connectivity index (χ4v) is 2.30. The molecule has 1 aliphatic carbocycles. The Morgan fingerprint density at radius 1 is 1.33 bits per heavy atom. The van der Waals surface area contributed by atoms with Crippen molar-refractivity contribution in [2.45, 2.75) is 19.1 Å². The van der Waals surface area contributed by atoms with Gasteiger partial charge < -0.3 is 14.2 Å². The van der Waals surface area contributed by atoms with Gasteiger partial charge >= 0.3 is 0 Å². The van der Waals surface area contributed by atoms with Crippen molar-refractivity contribution in [3.8, 4) is 0 Å². The number of hydrogen-bond acceptors (Lipinski definition) is 4. The molecule has 100 valence electrons. The van der Waals surface area contributed by atoms with Crippen molar-refractivity contribution in [2.75, 3.05) is 31.8 Å². The summed E-state index contributed by atoms with van der Waals surface area (Å²) in [6, 6.07) is 0. The van der Waals surface area contributed by atoms with Crippen molar-refractivity contribution in [2.24, 2.45) is 0 Å². The van der Waals surface area contributed by atoms with Gasteiger partial charge in [0.1, 0.15) is 0 Å². The van der Waals surface area contributed by atoms with E-state index in [-0.39, 0.29) is 12.1 Å². The highest BCUT2D eigenvalue weighted by Crippen LogP contribution is 2.21. The summed E-state index contributed by atoms with van der Waals surface area (Å²) in [5.74, 6) is 0.109. The zero-order valence-corrected chi connectivity index (χ0v) is 11.8. The number of hydrogen-bond donors (Lipinski definition) is 0. The number of ketones is 1. The predicted octanol–water partition coefficient (Wildman–Crippen LogP) is 1.99. The first-order valence-electron chi connectivity index (χ1n) is 6.11. The van der Waals surface area contributed by atoms with E-state index in [0.717, 1.165) is 24.0 Å². The fourth-order valence-electron chi connectivity index (χ4n) is 2.00. The molecule has 5 heteroatoms. The first-order chi connectivity index (χ1) is 8.81. The largest absolute Gasteiger partial charge is 0.371 e. The van der Waals surface area contributed by atoms with E-state index in [4.69, 9.17) is 14.2 Å². The van der Waals surface area contributed by atoms with Gasteiger partial charge in [-0.25, -0.2) is 0 Å². The summed E-state index contributed by atoms with van der Waals surface area (Å²) >= 11 is 3.20. The SMILES string of the molecule is O=C(CBr)C1=CCCC=C1COCC1OCCO1. The molecular weight excluding hydrogens is 300 g/mol. The minimum Gasteiger partial charge on any atom is -0.371 e. The first-order valence-corrected chi connectivity index (χ1v) is 7.23. The third-order valence-corrected chi connectivity index (χ3v) is 3.39. The Kier molecular flexibility index (Phi) is 5.56. The number of ether oxygens (including phenoxy) is 3. The standard InChI is InChI=1S/C13H17BrO4/c14-7-12(15)11-4-2-1-3-10(11)8-16-9-13-17-5-6-18-13/h3-4,13H,1-2,5-9H2. The van der Waals surface area contributed by atoms with Gasteiger partial charge in [0.15, 0.2) is 12.1 Å². The molecule has 2 aliphatic rings. The molecule has 0 aromatic rings. The molecule has 18 heavy (non-hydrogen) atoms. The van der Waals surface area contributed by atoms with Gasteiger partial charge in [0.25, 0.3) is 0 Å². The van der Waals surface area contributed by atoms with E-state index in [1.165, 1.54) is 0 Å². The summed E-state index contributed by atoms with van der Waals surface area (Å²) < 4.78 is 16.1. The number of halogens is 1. The van der Waals surface area contributed by atoms with Crippen LogP contribution < -0.4 is 0 Å². The molecule has 0 N–H and O–H groups in total. The number of alkyl halides is 1. The predicted molar refractivity (Wildman–Crippen MR) is 70.7 cm³/mol. The summed E-state index contributed by atoms with van der Waals surface area (Å²) in [6.45, 7) is 2.11. The van der Waals surface area contributed by atoms with Crippen LogP contribution in [-0.2, 0) is 19.0 Å². The average molecular weight is 317 g/mol. The number of rotatable bonds is 6. The van der Waals surface area contributed by atoms with Crippen LogP contribution in [0.5, 0.6) is 0 Å². The van der Waals surface area contributed by atoms with Gasteiger partial charge in [-0.3, -0.25) is 4.79 Å². The van der Waals surface area contributed by atoms with E-state index in [9.17, 15) is 4.79 Å². The van der Waals surface area contributed by atoms with Crippen molar-refractivity contribution < 1.29 is 19.0 Å². The summed E-state index contributed by atoms with van der Waals surface area (Å²) in [6.07, 6.45) is 5.70. The summed E-state index contributed by atoms with van der Waals surface area (Å²) in [7, 11) is 0. The maximum Gasteiger partial charge on any atom is 0.181 e. The van der Waals surface area contributed by atoms with Gasteiger partial charge in [-0.2, -0.15) is 0 Å². The summed E-state index contributed by atoms with van der Waals surface area (Å²) in [4.78, 5) is 11.7. The van der Waals surface area contributed by atoms with Crippen LogP contribution in [0, 0.1) is 0 Å². The van der Waals surface area contributed by atoms with E-state index >= 15 is 0 Å². The maximum absolute atomic E-state index is 11.7. The molecule has 0 saturated carbocycles. The van der Waals surface area contributed by atoms with E-state index in [2.05, 4.69) is 22.0 Å². The van der Waals surface area contributed by atoms with E-state index in [1.807, 2.05) is 6.08 Å². The monoisotopic (exact) mass is 316 g/mol. The molecule has 0 spiro atoms. The third kappa shape index (κ3) is 3.75. The average Bonchev–Trinajstić information content (AvgIpc) is 2.92. The van der Waals surface area contributed by atoms with Gasteiger partial charge in [0.05, 0.1) is 31.8 Å². The molecule has 0 radical (unpaired) electrons. The van der Waals surface area contributed by atoms with Crippen LogP contribution in [0.15, 0.2) is 23.3 Å². The highest BCUT2D eigenvalue weighted by molar-refractivity contribution is 9.09. The highest BCUT2D eigenvalue weighted by atomic mass is 79.9. The number of carbonyl (C=O) groups is 1. The van der Waals surface area contributed by atoms with Crippen LogP contribution >= 0.6 is 15.9 Å². The van der Waals surface area contributed by atoms with E-state index in [1.54, 1.807) is 0 Å². The minimum atomic E-state index is -0.256. The van der Waals surface area contributed by atoms with Crippen LogP contribution in [0.25, 0.3) is 0 Å². The summed E-state index contributed by atoms with van der Waals surface area (Å²) in [5, 5.41) is 0.352. The second-order valence-electron chi connectivity index (χ2n) is 4.17. The van der Waals surface area contributed by atoms with Crippen LogP contribution in [-0.4, -0.2) is 43.8 Å². The quantitative estimate of drug-likeness (QED) is 0.703. The Labute approximate surface area is 115 Å². The second-order valence-corrected chi connectivity index (χ2v) is 4.73. The molecule has 1 heterocycles. The van der Waals surface area contributed by atoms with Gasteiger partial charge in [-0.15, -0.1) is 0 Å². The van der Waals surface area contributed by atoms with E-state index in [0.29, 0.717) is 31.8 Å². The molecular formula is C13H17BrO4.